The van der Waals surface area contributed by atoms with Gasteiger partial charge in [-0.3, -0.25) is 9.78 Å². The van der Waals surface area contributed by atoms with E-state index in [0.29, 0.717) is 42.8 Å². The van der Waals surface area contributed by atoms with Gasteiger partial charge in [0.25, 0.3) is 0 Å². The van der Waals surface area contributed by atoms with Gasteiger partial charge in [0.15, 0.2) is 11.4 Å². The lowest BCUT2D eigenvalue weighted by Crippen LogP contribution is -2.29. The molecule has 5 rings (SSSR count). The van der Waals surface area contributed by atoms with Gasteiger partial charge in [0.2, 0.25) is 0 Å². The first-order valence-electron chi connectivity index (χ1n) is 10.6. The fraction of sp³-hybridized carbons (Fsp3) is 0.250. The number of hydrogen-bond acceptors (Lipinski definition) is 7. The molecule has 0 unspecified atom stereocenters. The third-order valence-electron chi connectivity index (χ3n) is 6.05. The third kappa shape index (κ3) is 3.53. The van der Waals surface area contributed by atoms with Crippen molar-refractivity contribution in [1.29, 1.82) is 0 Å². The van der Waals surface area contributed by atoms with Crippen molar-refractivity contribution < 1.29 is 4.79 Å². The molecular weight excluding hydrogens is 404 g/mol. The van der Waals surface area contributed by atoms with Crippen molar-refractivity contribution in [2.45, 2.75) is 25.7 Å². The Bertz CT molecular complexity index is 1280. The third-order valence-corrected chi connectivity index (χ3v) is 6.05. The van der Waals surface area contributed by atoms with Crippen LogP contribution in [0.4, 0.5) is 5.82 Å². The molecule has 0 spiro atoms. The van der Waals surface area contributed by atoms with Crippen LogP contribution in [0.3, 0.4) is 0 Å². The van der Waals surface area contributed by atoms with Crippen LogP contribution in [-0.4, -0.2) is 43.5 Å². The second-order valence-corrected chi connectivity index (χ2v) is 8.11. The Morgan fingerprint density at radius 3 is 2.47 bits per heavy atom. The maximum Gasteiger partial charge on any atom is 0.165 e. The predicted octanol–water partition coefficient (Wildman–Crippen LogP) is 3.92. The molecule has 4 aromatic rings. The van der Waals surface area contributed by atoms with Gasteiger partial charge in [-0.15, -0.1) is 0 Å². The summed E-state index contributed by atoms with van der Waals surface area (Å²) < 4.78 is 1.52. The number of piperidine rings is 1. The topological polar surface area (TPSA) is 112 Å². The van der Waals surface area contributed by atoms with Gasteiger partial charge in [0.1, 0.15) is 5.82 Å². The van der Waals surface area contributed by atoms with Gasteiger partial charge in [0.05, 0.1) is 23.1 Å². The summed E-state index contributed by atoms with van der Waals surface area (Å²) in [5.74, 6) is 0.136. The molecule has 0 bridgehead atoms. The van der Waals surface area contributed by atoms with E-state index in [9.17, 15) is 10.0 Å². The largest absolute Gasteiger partial charge is 0.785 e. The molecule has 0 radical (unpaired) electrons. The number of nitrogens with two attached hydrogens (primary N) is 1. The quantitative estimate of drug-likeness (QED) is 0.491. The highest BCUT2D eigenvalue weighted by molar-refractivity contribution is 6.00. The van der Waals surface area contributed by atoms with Crippen molar-refractivity contribution in [3.8, 4) is 22.4 Å². The molecule has 8 heteroatoms. The number of benzene rings is 1. The lowest BCUT2D eigenvalue weighted by atomic mass is 9.90. The fourth-order valence-electron chi connectivity index (χ4n) is 4.35. The Morgan fingerprint density at radius 2 is 1.81 bits per heavy atom. The highest BCUT2D eigenvalue weighted by Crippen LogP contribution is 2.34. The van der Waals surface area contributed by atoms with Crippen molar-refractivity contribution in [2.75, 3.05) is 18.8 Å². The number of hydrogen-bond donors (Lipinski definition) is 1. The average Bonchev–Trinajstić information content (AvgIpc) is 3.24. The summed E-state index contributed by atoms with van der Waals surface area (Å²) in [6.07, 6.45) is 4.78. The van der Waals surface area contributed by atoms with Crippen LogP contribution in [0, 0.1) is 5.21 Å². The number of aromatic nitrogens is 4. The van der Waals surface area contributed by atoms with E-state index in [1.54, 1.807) is 12.4 Å². The molecule has 0 aliphatic carbocycles. The molecule has 1 saturated heterocycles. The van der Waals surface area contributed by atoms with E-state index in [1.807, 2.05) is 42.5 Å². The number of nitrogen functional groups attached to an aromatic ring is 1. The highest BCUT2D eigenvalue weighted by atomic mass is 16.5. The summed E-state index contributed by atoms with van der Waals surface area (Å²) in [6, 6.07) is 13.9. The second-order valence-electron chi connectivity index (χ2n) is 8.11. The monoisotopic (exact) mass is 427 g/mol. The van der Waals surface area contributed by atoms with E-state index in [4.69, 9.17) is 10.7 Å². The molecule has 1 fully saturated rings. The molecule has 0 saturated carbocycles. The van der Waals surface area contributed by atoms with Crippen LogP contribution in [0.25, 0.3) is 28.0 Å². The molecule has 8 nitrogen and oxygen atoms in total. The van der Waals surface area contributed by atoms with Crippen LogP contribution in [-0.2, 0) is 0 Å². The van der Waals surface area contributed by atoms with Crippen LogP contribution in [0.2, 0.25) is 0 Å². The van der Waals surface area contributed by atoms with Crippen LogP contribution in [0.15, 0.2) is 54.9 Å². The fourth-order valence-corrected chi connectivity index (χ4v) is 4.35. The SMILES string of the molecule is CC(=O)c1c(C2CCN([O-])CC2)nc2c(-c3ccc(-c4ccccc4)nc3)cnn2c1N. The molecule has 1 aliphatic heterocycles. The van der Waals surface area contributed by atoms with E-state index < -0.39 is 0 Å². The van der Waals surface area contributed by atoms with Gasteiger partial charge < -0.3 is 16.0 Å². The minimum absolute atomic E-state index is 0.00716. The minimum Gasteiger partial charge on any atom is -0.785 e. The molecule has 1 aliphatic rings. The van der Waals surface area contributed by atoms with Crippen LogP contribution in [0.5, 0.6) is 0 Å². The normalized spacial score (nSPS) is 15.3. The smallest absolute Gasteiger partial charge is 0.165 e. The molecular formula is C24H23N6O2-. The zero-order valence-electron chi connectivity index (χ0n) is 17.7. The Hall–Kier alpha value is -3.62. The van der Waals surface area contributed by atoms with Crippen molar-refractivity contribution >= 4 is 17.2 Å². The first kappa shape index (κ1) is 20.3. The van der Waals surface area contributed by atoms with E-state index in [0.717, 1.165) is 27.4 Å². The summed E-state index contributed by atoms with van der Waals surface area (Å²) in [4.78, 5) is 21.9. The Balaban J connectivity index is 1.60. The first-order chi connectivity index (χ1) is 15.5. The lowest BCUT2D eigenvalue weighted by molar-refractivity contribution is 0.101. The molecule has 0 amide bonds. The molecule has 3 aromatic heterocycles. The first-order valence-corrected chi connectivity index (χ1v) is 10.6. The number of anilines is 1. The van der Waals surface area contributed by atoms with Crippen LogP contribution < -0.4 is 5.73 Å². The Morgan fingerprint density at radius 1 is 1.06 bits per heavy atom. The average molecular weight is 427 g/mol. The number of carbonyl (C=O) groups excluding carboxylic acids is 1. The zero-order valence-corrected chi connectivity index (χ0v) is 17.7. The summed E-state index contributed by atoms with van der Waals surface area (Å²) in [5.41, 5.74) is 11.6. The number of fused-ring (bicyclic) bond motifs is 1. The number of Topliss-reactive ketones (excluding diaryl/α,β-unsaturated/α-hetero) is 1. The van der Waals surface area contributed by atoms with Crippen molar-refractivity contribution in [3.05, 3.63) is 71.3 Å². The summed E-state index contributed by atoms with van der Waals surface area (Å²) >= 11 is 0. The molecule has 32 heavy (non-hydrogen) atoms. The lowest BCUT2D eigenvalue weighted by Gasteiger charge is -2.36. The van der Waals surface area contributed by atoms with Crippen molar-refractivity contribution in [2.24, 2.45) is 0 Å². The zero-order chi connectivity index (χ0) is 22.2. The van der Waals surface area contributed by atoms with Gasteiger partial charge >= 0.3 is 0 Å². The standard InChI is InChI=1S/C24H23N6O2/c1-15(31)21-22(17-9-11-29(32)12-10-17)28-24-19(14-27-30(24)23(21)25)18-7-8-20(26-13-18)16-5-3-2-4-6-16/h2-8,13-14,17H,9-12,25H2,1H3/q-1. The molecule has 0 atom stereocenters. The van der Waals surface area contributed by atoms with Crippen LogP contribution in [0.1, 0.15) is 41.7 Å². The van der Waals surface area contributed by atoms with Crippen LogP contribution >= 0.6 is 0 Å². The van der Waals surface area contributed by atoms with E-state index >= 15 is 0 Å². The number of nitrogens with zero attached hydrogens (tertiary/aromatic N) is 5. The predicted molar refractivity (Wildman–Crippen MR) is 123 cm³/mol. The van der Waals surface area contributed by atoms with Gasteiger partial charge in [0, 0.05) is 28.8 Å². The van der Waals surface area contributed by atoms with Gasteiger partial charge in [-0.25, -0.2) is 4.98 Å². The molecule has 1 aromatic carbocycles. The van der Waals surface area contributed by atoms with E-state index in [2.05, 4.69) is 10.1 Å². The van der Waals surface area contributed by atoms with E-state index in [1.165, 1.54) is 11.4 Å². The number of carbonyl (C=O) groups is 1. The van der Waals surface area contributed by atoms with Gasteiger partial charge in [-0.1, -0.05) is 36.4 Å². The Labute approximate surface area is 185 Å². The highest BCUT2D eigenvalue weighted by Gasteiger charge is 2.27. The van der Waals surface area contributed by atoms with Gasteiger partial charge in [-0.05, 0) is 38.9 Å². The number of rotatable bonds is 4. The van der Waals surface area contributed by atoms with Crippen molar-refractivity contribution in [1.82, 2.24) is 24.6 Å². The summed E-state index contributed by atoms with van der Waals surface area (Å²) in [7, 11) is 0. The number of pyridine rings is 1. The molecule has 162 valence electrons. The summed E-state index contributed by atoms with van der Waals surface area (Å²) in [5, 5.41) is 17.1. The van der Waals surface area contributed by atoms with Gasteiger partial charge in [-0.2, -0.15) is 9.61 Å². The molecule has 4 heterocycles. The van der Waals surface area contributed by atoms with E-state index in [-0.39, 0.29) is 17.5 Å². The maximum atomic E-state index is 12.4. The number of hydroxylamine groups is 2. The summed E-state index contributed by atoms with van der Waals surface area (Å²) in [6.45, 7) is 2.33. The molecule has 2 N–H and O–H groups in total. The Kier molecular flexibility index (Phi) is 5.16. The van der Waals surface area contributed by atoms with Crippen molar-refractivity contribution in [3.63, 3.8) is 0 Å². The minimum atomic E-state index is -0.151. The maximum absolute atomic E-state index is 12.4. The number of ketones is 1. The second kappa shape index (κ2) is 8.14.